The van der Waals surface area contributed by atoms with Gasteiger partial charge in [0, 0.05) is 6.20 Å². The molecular weight excluding hydrogens is 253 g/mol. The minimum Gasteiger partial charge on any atom is -0.491 e. The summed E-state index contributed by atoms with van der Waals surface area (Å²) in [6, 6.07) is 6.98. The molecule has 0 amide bonds. The van der Waals surface area contributed by atoms with E-state index in [1.165, 1.54) is 25.4 Å². The molecule has 0 spiro atoms. The molecule has 0 bridgehead atoms. The summed E-state index contributed by atoms with van der Waals surface area (Å²) >= 11 is 0. The number of aromatic carboxylic acids is 1. The molecule has 0 saturated heterocycles. The lowest BCUT2D eigenvalue weighted by Crippen LogP contribution is -2.04. The molecule has 0 saturated carbocycles. The lowest BCUT2D eigenvalue weighted by molar-refractivity contribution is 0.0688. The van der Waals surface area contributed by atoms with E-state index in [0.717, 1.165) is 6.07 Å². The van der Waals surface area contributed by atoms with Crippen molar-refractivity contribution in [2.75, 3.05) is 7.11 Å². The maximum atomic E-state index is 13.5. The van der Waals surface area contributed by atoms with E-state index in [4.69, 9.17) is 14.6 Å². The highest BCUT2D eigenvalue weighted by Gasteiger charge is 2.18. The minimum absolute atomic E-state index is 0.0677. The number of hydrogen-bond acceptors (Lipinski definition) is 4. The molecule has 98 valence electrons. The first-order valence-electron chi connectivity index (χ1n) is 5.32. The van der Waals surface area contributed by atoms with Crippen LogP contribution in [0.4, 0.5) is 4.39 Å². The van der Waals surface area contributed by atoms with Crippen LogP contribution in [0.3, 0.4) is 0 Å². The second kappa shape index (κ2) is 5.34. The predicted molar refractivity (Wildman–Crippen MR) is 64.2 cm³/mol. The molecule has 1 heterocycles. The summed E-state index contributed by atoms with van der Waals surface area (Å²) < 4.78 is 23.8. The number of rotatable bonds is 4. The molecule has 0 radical (unpaired) electrons. The first-order chi connectivity index (χ1) is 9.13. The molecule has 0 fully saturated rings. The fraction of sp³-hybridized carbons (Fsp3) is 0.0769. The number of hydrogen-bond donors (Lipinski definition) is 1. The van der Waals surface area contributed by atoms with Crippen molar-refractivity contribution in [1.82, 2.24) is 4.98 Å². The van der Waals surface area contributed by atoms with E-state index in [-0.39, 0.29) is 11.6 Å². The Morgan fingerprint density at radius 1 is 1.26 bits per heavy atom. The average molecular weight is 263 g/mol. The third kappa shape index (κ3) is 2.62. The molecule has 6 heteroatoms. The quantitative estimate of drug-likeness (QED) is 0.918. The van der Waals surface area contributed by atoms with Crippen LogP contribution < -0.4 is 9.47 Å². The number of ether oxygens (including phenoxy) is 2. The molecule has 19 heavy (non-hydrogen) atoms. The lowest BCUT2D eigenvalue weighted by atomic mass is 10.2. The Balaban J connectivity index is 2.44. The zero-order valence-corrected chi connectivity index (χ0v) is 9.96. The number of nitrogens with zero attached hydrogens (tertiary/aromatic N) is 1. The molecule has 1 aromatic heterocycles. The Morgan fingerprint density at radius 3 is 2.68 bits per heavy atom. The van der Waals surface area contributed by atoms with Gasteiger partial charge in [0.1, 0.15) is 17.1 Å². The summed E-state index contributed by atoms with van der Waals surface area (Å²) in [7, 11) is 1.42. The third-order valence-electron chi connectivity index (χ3n) is 2.35. The van der Waals surface area contributed by atoms with Crippen molar-refractivity contribution in [1.29, 1.82) is 0 Å². The molecule has 1 aromatic carbocycles. The van der Waals surface area contributed by atoms with E-state index in [1.54, 1.807) is 12.1 Å². The molecule has 2 aromatic rings. The van der Waals surface area contributed by atoms with Gasteiger partial charge in [0.2, 0.25) is 0 Å². The molecule has 0 aliphatic rings. The molecule has 0 aliphatic heterocycles. The van der Waals surface area contributed by atoms with Gasteiger partial charge in [-0.2, -0.15) is 0 Å². The fourth-order valence-electron chi connectivity index (χ4n) is 1.51. The van der Waals surface area contributed by atoms with Gasteiger partial charge in [-0.1, -0.05) is 6.07 Å². The molecule has 0 aliphatic carbocycles. The number of halogens is 1. The van der Waals surface area contributed by atoms with Gasteiger partial charge in [0.15, 0.2) is 5.75 Å². The Hall–Kier alpha value is -2.63. The molecule has 0 unspecified atom stereocenters. The first kappa shape index (κ1) is 12.8. The highest BCUT2D eigenvalue weighted by Crippen LogP contribution is 2.31. The van der Waals surface area contributed by atoms with Gasteiger partial charge in [-0.3, -0.25) is 0 Å². The maximum Gasteiger partial charge on any atom is 0.342 e. The Labute approximate surface area is 108 Å². The summed E-state index contributed by atoms with van der Waals surface area (Å²) in [5, 5.41) is 8.98. The number of carbonyl (C=O) groups is 1. The second-order valence-corrected chi connectivity index (χ2v) is 3.53. The van der Waals surface area contributed by atoms with Crippen LogP contribution >= 0.6 is 0 Å². The van der Waals surface area contributed by atoms with Crippen LogP contribution in [0.2, 0.25) is 0 Å². The average Bonchev–Trinajstić information content (AvgIpc) is 2.39. The van der Waals surface area contributed by atoms with E-state index in [0.29, 0.717) is 5.75 Å². The van der Waals surface area contributed by atoms with Gasteiger partial charge >= 0.3 is 5.97 Å². The van der Waals surface area contributed by atoms with Crippen LogP contribution in [0.1, 0.15) is 10.4 Å². The predicted octanol–water partition coefficient (Wildman–Crippen LogP) is 2.72. The summed E-state index contributed by atoms with van der Waals surface area (Å²) in [5.41, 5.74) is -0.546. The Kier molecular flexibility index (Phi) is 3.61. The molecular formula is C13H10FNO4. The second-order valence-electron chi connectivity index (χ2n) is 3.53. The van der Waals surface area contributed by atoms with Gasteiger partial charge in [-0.25, -0.2) is 14.2 Å². The van der Waals surface area contributed by atoms with E-state index in [1.807, 2.05) is 0 Å². The fourth-order valence-corrected chi connectivity index (χ4v) is 1.51. The van der Waals surface area contributed by atoms with Crippen LogP contribution in [0, 0.1) is 5.82 Å². The number of carboxylic acid groups (broad SMARTS) is 1. The van der Waals surface area contributed by atoms with Gasteiger partial charge in [0.05, 0.1) is 7.11 Å². The molecule has 1 N–H and O–H groups in total. The van der Waals surface area contributed by atoms with Crippen molar-refractivity contribution in [2.45, 2.75) is 0 Å². The van der Waals surface area contributed by atoms with Gasteiger partial charge in [-0.15, -0.1) is 0 Å². The van der Waals surface area contributed by atoms with Gasteiger partial charge < -0.3 is 14.6 Å². The molecule has 5 nitrogen and oxygen atoms in total. The van der Waals surface area contributed by atoms with Crippen molar-refractivity contribution >= 4 is 5.97 Å². The van der Waals surface area contributed by atoms with E-state index < -0.39 is 17.3 Å². The summed E-state index contributed by atoms with van der Waals surface area (Å²) in [6.45, 7) is 0. The summed E-state index contributed by atoms with van der Waals surface area (Å²) in [4.78, 5) is 14.9. The highest BCUT2D eigenvalue weighted by atomic mass is 19.1. The van der Waals surface area contributed by atoms with Crippen LogP contribution in [0.25, 0.3) is 0 Å². The third-order valence-corrected chi connectivity index (χ3v) is 2.35. The number of pyridine rings is 1. The molecule has 0 atom stereocenters. The van der Waals surface area contributed by atoms with Crippen LogP contribution in [0.15, 0.2) is 36.5 Å². The first-order valence-corrected chi connectivity index (χ1v) is 5.32. The topological polar surface area (TPSA) is 68.7 Å². The normalized spacial score (nSPS) is 10.0. The monoisotopic (exact) mass is 263 g/mol. The van der Waals surface area contributed by atoms with Crippen LogP contribution in [0.5, 0.6) is 17.4 Å². The SMILES string of the molecule is COc1cccnc1Oc1cccc(F)c1C(=O)O. The van der Waals surface area contributed by atoms with Crippen molar-refractivity contribution in [2.24, 2.45) is 0 Å². The number of methoxy groups -OCH3 is 1. The number of carboxylic acids is 1. The Bertz CT molecular complexity index is 615. The van der Waals surface area contributed by atoms with E-state index in [9.17, 15) is 9.18 Å². The minimum atomic E-state index is -1.41. The number of benzene rings is 1. The van der Waals surface area contributed by atoms with Gasteiger partial charge in [-0.05, 0) is 24.3 Å². The van der Waals surface area contributed by atoms with E-state index >= 15 is 0 Å². The largest absolute Gasteiger partial charge is 0.491 e. The van der Waals surface area contributed by atoms with Crippen LogP contribution in [-0.4, -0.2) is 23.2 Å². The van der Waals surface area contributed by atoms with Crippen molar-refractivity contribution in [3.63, 3.8) is 0 Å². The lowest BCUT2D eigenvalue weighted by Gasteiger charge is -2.10. The van der Waals surface area contributed by atoms with Gasteiger partial charge in [0.25, 0.3) is 5.88 Å². The Morgan fingerprint density at radius 2 is 2.00 bits per heavy atom. The van der Waals surface area contributed by atoms with Crippen molar-refractivity contribution in [3.05, 3.63) is 47.9 Å². The van der Waals surface area contributed by atoms with E-state index in [2.05, 4.69) is 4.98 Å². The summed E-state index contributed by atoms with van der Waals surface area (Å²) in [6.07, 6.45) is 1.46. The van der Waals surface area contributed by atoms with Crippen molar-refractivity contribution in [3.8, 4) is 17.4 Å². The van der Waals surface area contributed by atoms with Crippen molar-refractivity contribution < 1.29 is 23.8 Å². The zero-order chi connectivity index (χ0) is 13.8. The van der Waals surface area contributed by atoms with Crippen LogP contribution in [-0.2, 0) is 0 Å². The summed E-state index contributed by atoms with van der Waals surface area (Å²) in [5.74, 6) is -2.03. The smallest absolute Gasteiger partial charge is 0.342 e. The zero-order valence-electron chi connectivity index (χ0n) is 9.96. The standard InChI is InChI=1S/C13H10FNO4/c1-18-10-6-3-7-15-12(10)19-9-5-2-4-8(14)11(9)13(16)17/h2-7H,1H3,(H,16,17). The molecule has 2 rings (SSSR count). The highest BCUT2D eigenvalue weighted by molar-refractivity contribution is 5.91. The maximum absolute atomic E-state index is 13.5. The number of aromatic nitrogens is 1.